The summed E-state index contributed by atoms with van der Waals surface area (Å²) >= 11 is 0. The molecule has 3 saturated heterocycles. The number of hydrogen-bond donors (Lipinski definition) is 2. The molecule has 3 aromatic rings. The summed E-state index contributed by atoms with van der Waals surface area (Å²) in [7, 11) is 0. The average Bonchev–Trinajstić information content (AvgIpc) is 3.63. The largest absolute Gasteiger partial charge is 0.507 e. The molecule has 3 aliphatic heterocycles. The maximum Gasteiger partial charge on any atom is 0.169 e. The third-order valence-corrected chi connectivity index (χ3v) is 9.05. The number of hydrogen-bond acceptors (Lipinski definition) is 9. The third kappa shape index (κ3) is 5.42. The van der Waals surface area contributed by atoms with Crippen molar-refractivity contribution in [2.75, 3.05) is 54.9 Å². The molecule has 3 aliphatic rings. The van der Waals surface area contributed by atoms with Crippen LogP contribution in [0.1, 0.15) is 45.2 Å². The van der Waals surface area contributed by atoms with E-state index in [-0.39, 0.29) is 17.3 Å². The van der Waals surface area contributed by atoms with Crippen LogP contribution in [0.2, 0.25) is 0 Å². The normalized spacial score (nSPS) is 23.8. The number of nitrogen functional groups attached to an aromatic ring is 1. The molecular weight excluding hydrogens is 514 g/mol. The van der Waals surface area contributed by atoms with Crippen molar-refractivity contribution < 1.29 is 9.84 Å². The number of phenolic OH excluding ortho intramolecular Hbond substituents is 1. The fraction of sp³-hybridized carbons (Fsp3) is 0.469. The number of benzene rings is 1. The molecule has 41 heavy (non-hydrogen) atoms. The lowest BCUT2D eigenvalue weighted by Gasteiger charge is -2.48. The Kier molecular flexibility index (Phi) is 7.69. The summed E-state index contributed by atoms with van der Waals surface area (Å²) in [5, 5.41) is 18.9. The Hall–Kier alpha value is -3.87. The second kappa shape index (κ2) is 11.6. The zero-order valence-electron chi connectivity index (χ0n) is 24.0. The number of nitrogens with two attached hydrogens (primary N) is 1. The van der Waals surface area contributed by atoms with Crippen LogP contribution in [0.15, 0.2) is 48.7 Å². The number of aromatic nitrogens is 3. The summed E-state index contributed by atoms with van der Waals surface area (Å²) in [6.45, 7) is 9.52. The van der Waals surface area contributed by atoms with Crippen LogP contribution in [0, 0.1) is 11.8 Å². The molecular formula is C32H39N7O2. The fourth-order valence-electron chi connectivity index (χ4n) is 6.58. The standard InChI is InChI=1S/C32H39N7O2/c1-3-37(29-20-28(35-36-31(29)33)27-8-4-5-9-30(27)40)21-26-11-10-23(2)39(26)25-12-15-34-24(19-25)7-6-16-38-17-13-32(38)14-18-41-22-32/h4-5,8-9,12,15,19-20,23,26,40H,3,10-11,13-14,16-18,21-22H2,1-2H3,(H2,33,36). The summed E-state index contributed by atoms with van der Waals surface area (Å²) in [6.07, 6.45) is 6.38. The van der Waals surface area contributed by atoms with E-state index in [1.54, 1.807) is 12.1 Å². The predicted octanol–water partition coefficient (Wildman–Crippen LogP) is 3.93. The van der Waals surface area contributed by atoms with E-state index < -0.39 is 0 Å². The molecule has 9 nitrogen and oxygen atoms in total. The highest BCUT2D eigenvalue weighted by atomic mass is 16.5. The Labute approximate surface area is 242 Å². The van der Waals surface area contributed by atoms with Crippen molar-refractivity contribution in [3.63, 3.8) is 0 Å². The van der Waals surface area contributed by atoms with E-state index in [0.717, 1.165) is 75.7 Å². The summed E-state index contributed by atoms with van der Waals surface area (Å²) in [5.74, 6) is 7.25. The highest BCUT2D eigenvalue weighted by Gasteiger charge is 2.46. The van der Waals surface area contributed by atoms with E-state index in [4.69, 9.17) is 10.5 Å². The predicted molar refractivity (Wildman–Crippen MR) is 162 cm³/mol. The lowest BCUT2D eigenvalue weighted by molar-refractivity contribution is -0.00906. The molecule has 3 N–H and O–H groups in total. The van der Waals surface area contributed by atoms with Crippen LogP contribution < -0.4 is 15.5 Å². The molecule has 5 heterocycles. The summed E-state index contributed by atoms with van der Waals surface area (Å²) in [5.41, 5.74) is 10.6. The molecule has 2 aromatic heterocycles. The maximum atomic E-state index is 10.4. The smallest absolute Gasteiger partial charge is 0.169 e. The summed E-state index contributed by atoms with van der Waals surface area (Å²) < 4.78 is 5.66. The van der Waals surface area contributed by atoms with E-state index in [1.165, 1.54) is 6.42 Å². The number of phenols is 1. The number of pyridine rings is 1. The van der Waals surface area contributed by atoms with Gasteiger partial charge in [-0.05, 0) is 75.8 Å². The first-order valence-corrected chi connectivity index (χ1v) is 14.7. The zero-order chi connectivity index (χ0) is 28.4. The minimum absolute atomic E-state index is 0.171. The fourth-order valence-corrected chi connectivity index (χ4v) is 6.58. The van der Waals surface area contributed by atoms with E-state index >= 15 is 0 Å². The number of aromatic hydroxyl groups is 1. The second-order valence-electron chi connectivity index (χ2n) is 11.4. The van der Waals surface area contributed by atoms with Crippen LogP contribution in [0.4, 0.5) is 17.2 Å². The van der Waals surface area contributed by atoms with Gasteiger partial charge in [0.25, 0.3) is 0 Å². The molecule has 0 bridgehead atoms. The number of ether oxygens (including phenoxy) is 1. The highest BCUT2D eigenvalue weighted by Crippen LogP contribution is 2.38. The van der Waals surface area contributed by atoms with Crippen molar-refractivity contribution in [2.24, 2.45) is 0 Å². The van der Waals surface area contributed by atoms with Crippen LogP contribution in [-0.2, 0) is 4.74 Å². The van der Waals surface area contributed by atoms with Crippen molar-refractivity contribution >= 4 is 17.2 Å². The van der Waals surface area contributed by atoms with Crippen LogP contribution in [-0.4, -0.2) is 82.2 Å². The minimum Gasteiger partial charge on any atom is -0.507 e. The van der Waals surface area contributed by atoms with Crippen molar-refractivity contribution in [3.8, 4) is 28.8 Å². The lowest BCUT2D eigenvalue weighted by Crippen LogP contribution is -2.60. The van der Waals surface area contributed by atoms with E-state index in [0.29, 0.717) is 23.1 Å². The van der Waals surface area contributed by atoms with Crippen molar-refractivity contribution in [2.45, 2.75) is 57.2 Å². The Bertz CT molecular complexity index is 1450. The van der Waals surface area contributed by atoms with Crippen LogP contribution >= 0.6 is 0 Å². The third-order valence-electron chi connectivity index (χ3n) is 9.05. The number of likely N-dealkylation sites (N-methyl/N-ethyl adjacent to an activating group) is 1. The zero-order valence-corrected chi connectivity index (χ0v) is 24.0. The van der Waals surface area contributed by atoms with Crippen molar-refractivity contribution in [3.05, 3.63) is 54.4 Å². The van der Waals surface area contributed by atoms with Gasteiger partial charge in [-0.1, -0.05) is 18.1 Å². The van der Waals surface area contributed by atoms with Gasteiger partial charge in [-0.2, -0.15) is 0 Å². The molecule has 0 amide bonds. The average molecular weight is 554 g/mol. The molecule has 0 aliphatic carbocycles. The van der Waals surface area contributed by atoms with Gasteiger partial charge in [0.2, 0.25) is 0 Å². The minimum atomic E-state index is 0.171. The first kappa shape index (κ1) is 27.3. The van der Waals surface area contributed by atoms with Crippen LogP contribution in [0.25, 0.3) is 11.3 Å². The first-order chi connectivity index (χ1) is 20.0. The number of nitrogens with zero attached hydrogens (tertiary/aromatic N) is 6. The van der Waals surface area contributed by atoms with Gasteiger partial charge in [-0.15, -0.1) is 10.2 Å². The molecule has 9 heteroatoms. The van der Waals surface area contributed by atoms with Gasteiger partial charge in [0.1, 0.15) is 11.4 Å². The number of anilines is 3. The summed E-state index contributed by atoms with van der Waals surface area (Å²) in [6, 6.07) is 14.0. The Morgan fingerprint density at radius 2 is 2.05 bits per heavy atom. The molecule has 1 aromatic carbocycles. The van der Waals surface area contributed by atoms with Gasteiger partial charge in [0.05, 0.1) is 24.5 Å². The molecule has 6 rings (SSSR count). The molecule has 3 atom stereocenters. The van der Waals surface area contributed by atoms with Gasteiger partial charge in [-0.3, -0.25) is 4.90 Å². The van der Waals surface area contributed by atoms with Gasteiger partial charge in [-0.25, -0.2) is 4.98 Å². The van der Waals surface area contributed by atoms with Crippen molar-refractivity contribution in [1.82, 2.24) is 20.1 Å². The van der Waals surface area contributed by atoms with Gasteiger partial charge in [0, 0.05) is 61.3 Å². The van der Waals surface area contributed by atoms with Crippen LogP contribution in [0.3, 0.4) is 0 Å². The molecule has 3 unspecified atom stereocenters. The maximum absolute atomic E-state index is 10.4. The topological polar surface area (TPSA) is 104 Å². The van der Waals surface area contributed by atoms with Crippen LogP contribution in [0.5, 0.6) is 5.75 Å². The number of rotatable bonds is 7. The SMILES string of the molecule is CCN(CC1CCC(C)N1c1ccnc(C#CCN2CCC23CCOC3)c1)c1cc(-c2ccccc2O)nnc1N. The van der Waals surface area contributed by atoms with Crippen molar-refractivity contribution in [1.29, 1.82) is 0 Å². The second-order valence-corrected chi connectivity index (χ2v) is 11.4. The van der Waals surface area contributed by atoms with Gasteiger partial charge < -0.3 is 25.4 Å². The molecule has 3 fully saturated rings. The number of likely N-dealkylation sites (tertiary alicyclic amines) is 1. The van der Waals surface area contributed by atoms with Gasteiger partial charge >= 0.3 is 0 Å². The number of para-hydroxylation sites is 1. The quantitative estimate of drug-likeness (QED) is 0.421. The molecule has 214 valence electrons. The monoisotopic (exact) mass is 553 g/mol. The lowest BCUT2D eigenvalue weighted by atomic mass is 9.84. The molecule has 0 saturated carbocycles. The Morgan fingerprint density at radius 3 is 2.80 bits per heavy atom. The first-order valence-electron chi connectivity index (χ1n) is 14.7. The Balaban J connectivity index is 1.19. The van der Waals surface area contributed by atoms with E-state index in [1.807, 2.05) is 24.4 Å². The van der Waals surface area contributed by atoms with E-state index in [2.05, 4.69) is 67.7 Å². The van der Waals surface area contributed by atoms with E-state index in [9.17, 15) is 5.11 Å². The molecule has 1 spiro atoms. The molecule has 0 radical (unpaired) electrons. The highest BCUT2D eigenvalue weighted by molar-refractivity contribution is 5.74. The van der Waals surface area contributed by atoms with Gasteiger partial charge in [0.15, 0.2) is 5.82 Å². The summed E-state index contributed by atoms with van der Waals surface area (Å²) in [4.78, 5) is 11.8. The Morgan fingerprint density at radius 1 is 1.17 bits per heavy atom.